The number of aromatic amines is 1. The van der Waals surface area contributed by atoms with Crippen molar-refractivity contribution in [2.75, 3.05) is 0 Å². The van der Waals surface area contributed by atoms with Gasteiger partial charge in [0.2, 0.25) is 10.0 Å². The maximum Gasteiger partial charge on any atom is 0.244 e. The van der Waals surface area contributed by atoms with Crippen LogP contribution in [0.2, 0.25) is 5.02 Å². The molecule has 21 heavy (non-hydrogen) atoms. The number of sulfonamides is 1. The molecule has 0 aliphatic heterocycles. The number of benzene rings is 1. The van der Waals surface area contributed by atoms with Gasteiger partial charge >= 0.3 is 0 Å². The highest BCUT2D eigenvalue weighted by molar-refractivity contribution is 7.89. The topological polar surface area (TPSA) is 87.7 Å². The molecule has 0 bridgehead atoms. The summed E-state index contributed by atoms with van der Waals surface area (Å²) in [4.78, 5) is 3.54. The summed E-state index contributed by atoms with van der Waals surface area (Å²) in [5, 5.41) is 6.17. The van der Waals surface area contributed by atoms with Gasteiger partial charge in [0, 0.05) is 0 Å². The van der Waals surface area contributed by atoms with Gasteiger partial charge in [0.15, 0.2) is 5.82 Å². The Hall–Kier alpha value is -1.51. The molecule has 1 aliphatic rings. The van der Waals surface area contributed by atoms with E-state index in [1.165, 1.54) is 24.5 Å². The van der Waals surface area contributed by atoms with Gasteiger partial charge in [-0.25, -0.2) is 17.8 Å². The molecule has 2 aromatic rings. The SMILES string of the molecule is O=S(=O)(NC1(c2ncn[nH]2)CCC1)c1cccc(Cl)c1F. The first-order valence-electron chi connectivity index (χ1n) is 6.28. The summed E-state index contributed by atoms with van der Waals surface area (Å²) in [7, 11) is -4.06. The number of H-pyrrole nitrogens is 1. The van der Waals surface area contributed by atoms with Gasteiger partial charge in [0.05, 0.1) is 10.6 Å². The van der Waals surface area contributed by atoms with Gasteiger partial charge in [0.1, 0.15) is 17.0 Å². The molecule has 1 fully saturated rings. The van der Waals surface area contributed by atoms with Gasteiger partial charge in [0.25, 0.3) is 0 Å². The van der Waals surface area contributed by atoms with Crippen LogP contribution in [0.5, 0.6) is 0 Å². The molecule has 0 amide bonds. The molecule has 1 aliphatic carbocycles. The number of halogens is 2. The average Bonchev–Trinajstić information content (AvgIpc) is 2.91. The molecule has 0 unspecified atom stereocenters. The molecule has 0 spiro atoms. The first kappa shape index (κ1) is 14.4. The van der Waals surface area contributed by atoms with Crippen molar-refractivity contribution in [2.24, 2.45) is 0 Å². The van der Waals surface area contributed by atoms with Crippen LogP contribution in [0.1, 0.15) is 25.1 Å². The summed E-state index contributed by atoms with van der Waals surface area (Å²) in [6, 6.07) is 3.86. The Morgan fingerprint density at radius 1 is 1.38 bits per heavy atom. The smallest absolute Gasteiger partial charge is 0.244 e. The third-order valence-electron chi connectivity index (χ3n) is 3.61. The summed E-state index contributed by atoms with van der Waals surface area (Å²) >= 11 is 5.64. The number of aromatic nitrogens is 3. The van der Waals surface area contributed by atoms with Crippen molar-refractivity contribution in [3.63, 3.8) is 0 Å². The molecule has 1 saturated carbocycles. The molecular formula is C12H12ClFN4O2S. The van der Waals surface area contributed by atoms with Crippen LogP contribution < -0.4 is 4.72 Å². The molecule has 1 heterocycles. The predicted octanol–water partition coefficient (Wildman–Crippen LogP) is 1.95. The van der Waals surface area contributed by atoms with Crippen LogP contribution in [-0.2, 0) is 15.6 Å². The molecule has 2 N–H and O–H groups in total. The van der Waals surface area contributed by atoms with E-state index in [4.69, 9.17) is 11.6 Å². The van der Waals surface area contributed by atoms with E-state index < -0.39 is 26.3 Å². The molecule has 1 aromatic heterocycles. The lowest BCUT2D eigenvalue weighted by Gasteiger charge is -2.39. The zero-order valence-electron chi connectivity index (χ0n) is 10.8. The lowest BCUT2D eigenvalue weighted by molar-refractivity contribution is 0.211. The number of rotatable bonds is 4. The van der Waals surface area contributed by atoms with Crippen molar-refractivity contribution in [2.45, 2.75) is 29.7 Å². The first-order valence-corrected chi connectivity index (χ1v) is 8.15. The highest BCUT2D eigenvalue weighted by atomic mass is 35.5. The molecule has 0 radical (unpaired) electrons. The Balaban J connectivity index is 1.98. The number of hydrogen-bond donors (Lipinski definition) is 2. The highest BCUT2D eigenvalue weighted by Crippen LogP contribution is 2.40. The van der Waals surface area contributed by atoms with Crippen molar-refractivity contribution in [1.29, 1.82) is 0 Å². The fraction of sp³-hybridized carbons (Fsp3) is 0.333. The van der Waals surface area contributed by atoms with Gasteiger partial charge in [-0.1, -0.05) is 17.7 Å². The van der Waals surface area contributed by atoms with Crippen LogP contribution >= 0.6 is 11.6 Å². The lowest BCUT2D eigenvalue weighted by atomic mass is 9.77. The molecule has 0 saturated heterocycles. The zero-order chi connectivity index (χ0) is 15.1. The van der Waals surface area contributed by atoms with Gasteiger partial charge in [-0.15, -0.1) is 0 Å². The second kappa shape index (κ2) is 5.04. The second-order valence-corrected chi connectivity index (χ2v) is 6.99. The van der Waals surface area contributed by atoms with Gasteiger partial charge < -0.3 is 0 Å². The van der Waals surface area contributed by atoms with Gasteiger partial charge in [-0.3, -0.25) is 5.10 Å². The largest absolute Gasteiger partial charge is 0.262 e. The molecule has 1 aromatic carbocycles. The van der Waals surface area contributed by atoms with Crippen molar-refractivity contribution in [3.05, 3.63) is 41.2 Å². The molecule has 9 heteroatoms. The highest BCUT2D eigenvalue weighted by Gasteiger charge is 2.45. The van der Waals surface area contributed by atoms with E-state index in [1.807, 2.05) is 0 Å². The summed E-state index contributed by atoms with van der Waals surface area (Å²) in [6.45, 7) is 0. The monoisotopic (exact) mass is 330 g/mol. The first-order chi connectivity index (χ1) is 9.95. The summed E-state index contributed by atoms with van der Waals surface area (Å²) in [5.41, 5.74) is -0.857. The molecule has 3 rings (SSSR count). The van der Waals surface area contributed by atoms with Crippen LogP contribution in [0.15, 0.2) is 29.4 Å². The normalized spacial score (nSPS) is 17.4. The van der Waals surface area contributed by atoms with Gasteiger partial charge in [-0.2, -0.15) is 9.82 Å². The Bertz CT molecular complexity index is 760. The van der Waals surface area contributed by atoms with Gasteiger partial charge in [-0.05, 0) is 31.4 Å². The summed E-state index contributed by atoms with van der Waals surface area (Å²) in [5.74, 6) is -0.529. The van der Waals surface area contributed by atoms with E-state index in [1.54, 1.807) is 0 Å². The minimum absolute atomic E-state index is 0.236. The average molecular weight is 331 g/mol. The third kappa shape index (κ3) is 2.43. The van der Waals surface area contributed by atoms with Crippen molar-refractivity contribution in [3.8, 4) is 0 Å². The van der Waals surface area contributed by atoms with Crippen LogP contribution in [0.25, 0.3) is 0 Å². The summed E-state index contributed by atoms with van der Waals surface area (Å²) in [6.07, 6.45) is 3.30. The van der Waals surface area contributed by atoms with E-state index in [0.29, 0.717) is 18.7 Å². The van der Waals surface area contributed by atoms with Crippen LogP contribution in [0.3, 0.4) is 0 Å². The molecule has 112 valence electrons. The summed E-state index contributed by atoms with van der Waals surface area (Å²) < 4.78 is 41.4. The van der Waals surface area contributed by atoms with E-state index in [0.717, 1.165) is 6.42 Å². The maximum atomic E-state index is 13.9. The molecule has 6 nitrogen and oxygen atoms in total. The van der Waals surface area contributed by atoms with Crippen LogP contribution in [-0.4, -0.2) is 23.6 Å². The van der Waals surface area contributed by atoms with E-state index >= 15 is 0 Å². The molecular weight excluding hydrogens is 319 g/mol. The van der Waals surface area contributed by atoms with Crippen molar-refractivity contribution in [1.82, 2.24) is 19.9 Å². The standard InChI is InChI=1S/C12H12ClFN4O2S/c13-8-3-1-4-9(10(8)14)21(19,20)18-12(5-2-6-12)11-15-7-16-17-11/h1,3-4,7,18H,2,5-6H2,(H,15,16,17). The maximum absolute atomic E-state index is 13.9. The number of nitrogens with zero attached hydrogens (tertiary/aromatic N) is 2. The number of hydrogen-bond acceptors (Lipinski definition) is 4. The lowest BCUT2D eigenvalue weighted by Crippen LogP contribution is -2.51. The minimum atomic E-state index is -4.06. The Morgan fingerprint density at radius 2 is 2.14 bits per heavy atom. The van der Waals surface area contributed by atoms with Crippen molar-refractivity contribution >= 4 is 21.6 Å². The second-order valence-electron chi connectivity index (χ2n) is 4.93. The Morgan fingerprint density at radius 3 is 2.71 bits per heavy atom. The fourth-order valence-corrected chi connectivity index (χ4v) is 4.12. The van der Waals surface area contributed by atoms with Crippen LogP contribution in [0, 0.1) is 5.82 Å². The van der Waals surface area contributed by atoms with Crippen molar-refractivity contribution < 1.29 is 12.8 Å². The fourth-order valence-electron chi connectivity index (χ4n) is 2.36. The van der Waals surface area contributed by atoms with E-state index in [2.05, 4.69) is 19.9 Å². The predicted molar refractivity (Wildman–Crippen MR) is 73.6 cm³/mol. The van der Waals surface area contributed by atoms with Crippen LogP contribution in [0.4, 0.5) is 4.39 Å². The quantitative estimate of drug-likeness (QED) is 0.897. The molecule has 0 atom stereocenters. The van der Waals surface area contributed by atoms with E-state index in [-0.39, 0.29) is 5.02 Å². The Kier molecular flexibility index (Phi) is 3.46. The minimum Gasteiger partial charge on any atom is -0.262 e. The number of nitrogens with one attached hydrogen (secondary N) is 2. The van der Waals surface area contributed by atoms with E-state index in [9.17, 15) is 12.8 Å². The Labute approximate surface area is 125 Å². The third-order valence-corrected chi connectivity index (χ3v) is 5.46. The zero-order valence-corrected chi connectivity index (χ0v) is 12.4.